The normalized spacial score (nSPS) is 19.0. The third-order valence-corrected chi connectivity index (χ3v) is 4.23. The summed E-state index contributed by atoms with van der Waals surface area (Å²) in [5.74, 6) is -0.224. The lowest BCUT2D eigenvalue weighted by atomic mass is 10.1. The molecule has 126 valence electrons. The van der Waals surface area contributed by atoms with Crippen LogP contribution in [0.5, 0.6) is 0 Å². The molecule has 2 aliphatic rings. The van der Waals surface area contributed by atoms with Gasteiger partial charge in [0.2, 0.25) is 0 Å². The number of carbonyl (C=O) groups is 1. The van der Waals surface area contributed by atoms with E-state index >= 15 is 0 Å². The lowest BCUT2D eigenvalue weighted by molar-refractivity contribution is -0.130. The SMILES string of the molecule is N#C/C(=C/c1ccc(N2CCOCC2)cc1)C(=O)N1CCOCC1. The molecule has 0 aromatic heterocycles. The predicted octanol–water partition coefficient (Wildman–Crippen LogP) is 1.29. The highest BCUT2D eigenvalue weighted by Crippen LogP contribution is 2.18. The van der Waals surface area contributed by atoms with Gasteiger partial charge in [0.1, 0.15) is 11.6 Å². The Kier molecular flexibility index (Phi) is 5.47. The Bertz CT molecular complexity index is 636. The van der Waals surface area contributed by atoms with Crippen LogP contribution in [0.4, 0.5) is 5.69 Å². The second kappa shape index (κ2) is 7.95. The molecule has 3 rings (SSSR count). The summed E-state index contributed by atoms with van der Waals surface area (Å²) in [6.07, 6.45) is 1.65. The third-order valence-electron chi connectivity index (χ3n) is 4.23. The highest BCUT2D eigenvalue weighted by atomic mass is 16.5. The van der Waals surface area contributed by atoms with E-state index in [1.54, 1.807) is 11.0 Å². The number of benzene rings is 1. The van der Waals surface area contributed by atoms with Gasteiger partial charge < -0.3 is 19.3 Å². The van der Waals surface area contributed by atoms with Gasteiger partial charge in [-0.15, -0.1) is 0 Å². The molecule has 24 heavy (non-hydrogen) atoms. The summed E-state index contributed by atoms with van der Waals surface area (Å²) in [6.45, 7) is 5.38. The van der Waals surface area contributed by atoms with Crippen LogP contribution in [0.1, 0.15) is 5.56 Å². The Labute approximate surface area is 141 Å². The molecular formula is C18H21N3O3. The van der Waals surface area contributed by atoms with E-state index in [1.807, 2.05) is 30.3 Å². The Morgan fingerprint density at radius 3 is 2.17 bits per heavy atom. The van der Waals surface area contributed by atoms with Crippen LogP contribution in [0.15, 0.2) is 29.8 Å². The minimum absolute atomic E-state index is 0.163. The number of anilines is 1. The van der Waals surface area contributed by atoms with E-state index < -0.39 is 0 Å². The molecule has 0 N–H and O–H groups in total. The smallest absolute Gasteiger partial charge is 0.264 e. The van der Waals surface area contributed by atoms with Crippen LogP contribution in [-0.2, 0) is 14.3 Å². The maximum absolute atomic E-state index is 12.4. The highest BCUT2D eigenvalue weighted by molar-refractivity contribution is 6.01. The minimum atomic E-state index is -0.224. The van der Waals surface area contributed by atoms with E-state index in [-0.39, 0.29) is 11.5 Å². The van der Waals surface area contributed by atoms with E-state index in [1.165, 1.54) is 0 Å². The summed E-state index contributed by atoms with van der Waals surface area (Å²) in [7, 11) is 0. The molecule has 0 atom stereocenters. The predicted molar refractivity (Wildman–Crippen MR) is 90.5 cm³/mol. The van der Waals surface area contributed by atoms with Crippen LogP contribution in [0.3, 0.4) is 0 Å². The summed E-state index contributed by atoms with van der Waals surface area (Å²) in [4.78, 5) is 16.3. The van der Waals surface area contributed by atoms with E-state index in [0.29, 0.717) is 26.3 Å². The van der Waals surface area contributed by atoms with Crippen molar-refractivity contribution in [2.24, 2.45) is 0 Å². The number of ether oxygens (including phenoxy) is 2. The fraction of sp³-hybridized carbons (Fsp3) is 0.444. The van der Waals surface area contributed by atoms with Crippen LogP contribution >= 0.6 is 0 Å². The summed E-state index contributed by atoms with van der Waals surface area (Å²) < 4.78 is 10.6. The van der Waals surface area contributed by atoms with Crippen molar-refractivity contribution in [1.29, 1.82) is 5.26 Å². The molecule has 2 heterocycles. The number of hydrogen-bond acceptors (Lipinski definition) is 5. The number of carbonyl (C=O) groups excluding carboxylic acids is 1. The summed E-state index contributed by atoms with van der Waals surface area (Å²) in [5, 5.41) is 9.33. The topological polar surface area (TPSA) is 65.8 Å². The summed E-state index contributed by atoms with van der Waals surface area (Å²) in [5.41, 5.74) is 2.15. The first kappa shape index (κ1) is 16.5. The van der Waals surface area contributed by atoms with Gasteiger partial charge in [-0.3, -0.25) is 4.79 Å². The van der Waals surface area contributed by atoms with Crippen molar-refractivity contribution in [3.8, 4) is 6.07 Å². The van der Waals surface area contributed by atoms with Crippen molar-refractivity contribution in [2.45, 2.75) is 0 Å². The average molecular weight is 327 g/mol. The van der Waals surface area contributed by atoms with Crippen molar-refractivity contribution in [1.82, 2.24) is 4.90 Å². The van der Waals surface area contributed by atoms with Gasteiger partial charge in [-0.25, -0.2) is 0 Å². The van der Waals surface area contributed by atoms with Crippen molar-refractivity contribution in [3.05, 3.63) is 35.4 Å². The molecule has 2 fully saturated rings. The third kappa shape index (κ3) is 3.94. The van der Waals surface area contributed by atoms with Gasteiger partial charge in [-0.05, 0) is 23.8 Å². The molecule has 0 aliphatic carbocycles. The zero-order valence-corrected chi connectivity index (χ0v) is 13.6. The number of nitrogens with zero attached hydrogens (tertiary/aromatic N) is 3. The molecule has 2 aliphatic heterocycles. The van der Waals surface area contributed by atoms with Gasteiger partial charge in [-0.1, -0.05) is 12.1 Å². The van der Waals surface area contributed by atoms with Crippen LogP contribution in [0.2, 0.25) is 0 Å². The Balaban J connectivity index is 1.71. The number of morpholine rings is 2. The molecule has 0 saturated carbocycles. The van der Waals surface area contributed by atoms with Gasteiger partial charge in [-0.2, -0.15) is 5.26 Å². The summed E-state index contributed by atoms with van der Waals surface area (Å²) >= 11 is 0. The number of nitriles is 1. The maximum atomic E-state index is 12.4. The molecule has 0 spiro atoms. The first-order valence-electron chi connectivity index (χ1n) is 8.19. The molecule has 1 aromatic rings. The second-order valence-electron chi connectivity index (χ2n) is 5.77. The maximum Gasteiger partial charge on any atom is 0.264 e. The second-order valence-corrected chi connectivity index (χ2v) is 5.77. The summed E-state index contributed by atoms with van der Waals surface area (Å²) in [6, 6.07) is 9.94. The number of hydrogen-bond donors (Lipinski definition) is 0. The lowest BCUT2D eigenvalue weighted by Crippen LogP contribution is -2.41. The zero-order valence-electron chi connectivity index (χ0n) is 13.6. The Hall–Kier alpha value is -2.36. The minimum Gasteiger partial charge on any atom is -0.378 e. The highest BCUT2D eigenvalue weighted by Gasteiger charge is 2.20. The molecule has 0 radical (unpaired) electrons. The van der Waals surface area contributed by atoms with Gasteiger partial charge in [0.15, 0.2) is 0 Å². The number of amides is 1. The van der Waals surface area contributed by atoms with Gasteiger partial charge >= 0.3 is 0 Å². The van der Waals surface area contributed by atoms with Crippen LogP contribution < -0.4 is 4.90 Å². The van der Waals surface area contributed by atoms with E-state index in [0.717, 1.165) is 37.6 Å². The first-order valence-corrected chi connectivity index (χ1v) is 8.19. The monoisotopic (exact) mass is 327 g/mol. The quantitative estimate of drug-likeness (QED) is 0.618. The van der Waals surface area contributed by atoms with Crippen LogP contribution in [-0.4, -0.2) is 63.4 Å². The lowest BCUT2D eigenvalue weighted by Gasteiger charge is -2.28. The molecular weight excluding hydrogens is 306 g/mol. The fourth-order valence-electron chi connectivity index (χ4n) is 2.85. The largest absolute Gasteiger partial charge is 0.378 e. The Morgan fingerprint density at radius 1 is 1.00 bits per heavy atom. The zero-order chi connectivity index (χ0) is 16.8. The first-order chi connectivity index (χ1) is 11.8. The van der Waals surface area contributed by atoms with Gasteiger partial charge in [0.05, 0.1) is 26.4 Å². The molecule has 2 saturated heterocycles. The van der Waals surface area contributed by atoms with Crippen molar-refractivity contribution in [2.75, 3.05) is 57.5 Å². The van der Waals surface area contributed by atoms with E-state index in [9.17, 15) is 10.1 Å². The van der Waals surface area contributed by atoms with Crippen molar-refractivity contribution < 1.29 is 14.3 Å². The molecule has 6 heteroatoms. The molecule has 0 unspecified atom stereocenters. The van der Waals surface area contributed by atoms with Gasteiger partial charge in [0.25, 0.3) is 5.91 Å². The van der Waals surface area contributed by atoms with E-state index in [2.05, 4.69) is 4.90 Å². The molecule has 1 amide bonds. The van der Waals surface area contributed by atoms with Crippen molar-refractivity contribution in [3.63, 3.8) is 0 Å². The standard InChI is InChI=1S/C18H21N3O3/c19-14-16(18(22)21-7-11-24-12-8-21)13-15-1-3-17(4-2-15)20-5-9-23-10-6-20/h1-4,13H,5-12H2/b16-13-. The average Bonchev–Trinajstić information content (AvgIpc) is 2.67. The number of rotatable bonds is 3. The van der Waals surface area contributed by atoms with Crippen LogP contribution in [0, 0.1) is 11.3 Å². The van der Waals surface area contributed by atoms with Crippen molar-refractivity contribution >= 4 is 17.7 Å². The fourth-order valence-corrected chi connectivity index (χ4v) is 2.85. The Morgan fingerprint density at radius 2 is 1.58 bits per heavy atom. The molecule has 1 aromatic carbocycles. The van der Waals surface area contributed by atoms with Crippen LogP contribution in [0.25, 0.3) is 6.08 Å². The van der Waals surface area contributed by atoms with E-state index in [4.69, 9.17) is 9.47 Å². The molecule has 0 bridgehead atoms. The molecule has 6 nitrogen and oxygen atoms in total. The van der Waals surface area contributed by atoms with Gasteiger partial charge in [0, 0.05) is 31.9 Å².